The molecule has 1 aliphatic heterocycles. The van der Waals surface area contributed by atoms with Crippen LogP contribution in [0.1, 0.15) is 21.7 Å². The van der Waals surface area contributed by atoms with Crippen LogP contribution in [0.2, 0.25) is 0 Å². The van der Waals surface area contributed by atoms with E-state index in [4.69, 9.17) is 25.5 Å². The fourth-order valence-electron chi connectivity index (χ4n) is 3.62. The SMILES string of the molecule is NC(=O)c1c(-c2ccc(Oc3ccccc3)cc2)nn2c3c([nH]c12)CCNC3.O=C(O)C(F)(F)F. The van der Waals surface area contributed by atoms with E-state index in [1.54, 1.807) is 4.52 Å². The number of carbonyl (C=O) groups excluding carboxylic acids is 1. The summed E-state index contributed by atoms with van der Waals surface area (Å²) in [6.07, 6.45) is -4.21. The molecule has 4 aromatic rings. The Morgan fingerprint density at radius 3 is 2.29 bits per heavy atom. The van der Waals surface area contributed by atoms with Crippen LogP contribution in [0.3, 0.4) is 0 Å². The quantitative estimate of drug-likeness (QED) is 0.348. The molecule has 0 atom stereocenters. The number of nitrogens with zero attached hydrogens (tertiary/aromatic N) is 2. The van der Waals surface area contributed by atoms with Gasteiger partial charge in [-0.15, -0.1) is 0 Å². The van der Waals surface area contributed by atoms with Crippen LogP contribution < -0.4 is 15.8 Å². The third-order valence-electron chi connectivity index (χ3n) is 5.20. The maximum Gasteiger partial charge on any atom is 0.490 e. The number of hydrogen-bond acceptors (Lipinski definition) is 5. The molecule has 0 fully saturated rings. The number of alkyl halides is 3. The summed E-state index contributed by atoms with van der Waals surface area (Å²) in [6, 6.07) is 17.1. The first-order valence-corrected chi connectivity index (χ1v) is 10.4. The molecule has 182 valence electrons. The van der Waals surface area contributed by atoms with Gasteiger partial charge in [-0.3, -0.25) is 4.79 Å². The number of aliphatic carboxylic acids is 1. The molecule has 0 radical (unpaired) electrons. The normalized spacial score (nSPS) is 13.0. The molecule has 0 saturated heterocycles. The number of amides is 1. The maximum absolute atomic E-state index is 12.2. The lowest BCUT2D eigenvalue weighted by Crippen LogP contribution is -2.24. The number of aromatic amines is 1. The summed E-state index contributed by atoms with van der Waals surface area (Å²) in [5.74, 6) is -1.78. The van der Waals surface area contributed by atoms with Gasteiger partial charge in [0.25, 0.3) is 5.91 Å². The van der Waals surface area contributed by atoms with Crippen molar-refractivity contribution in [1.82, 2.24) is 19.9 Å². The lowest BCUT2D eigenvalue weighted by atomic mass is 10.1. The fourth-order valence-corrected chi connectivity index (χ4v) is 3.62. The van der Waals surface area contributed by atoms with E-state index in [0.717, 1.165) is 35.7 Å². The highest BCUT2D eigenvalue weighted by Crippen LogP contribution is 2.30. The zero-order valence-corrected chi connectivity index (χ0v) is 18.1. The highest BCUT2D eigenvalue weighted by molar-refractivity contribution is 6.04. The van der Waals surface area contributed by atoms with Crippen LogP contribution >= 0.6 is 0 Å². The maximum atomic E-state index is 12.2. The van der Waals surface area contributed by atoms with Gasteiger partial charge in [-0.25, -0.2) is 9.31 Å². The smallest absolute Gasteiger partial charge is 0.475 e. The Hall–Kier alpha value is -4.32. The molecule has 1 amide bonds. The van der Waals surface area contributed by atoms with Crippen LogP contribution in [0.25, 0.3) is 16.9 Å². The van der Waals surface area contributed by atoms with Gasteiger partial charge in [0.05, 0.1) is 5.69 Å². The van der Waals surface area contributed by atoms with Gasteiger partial charge in [0.2, 0.25) is 0 Å². The molecule has 0 bridgehead atoms. The number of nitrogens with two attached hydrogens (primary N) is 1. The van der Waals surface area contributed by atoms with Crippen molar-refractivity contribution in [2.75, 3.05) is 6.54 Å². The van der Waals surface area contributed by atoms with E-state index in [9.17, 15) is 18.0 Å². The molecular formula is C23H20F3N5O4. The summed E-state index contributed by atoms with van der Waals surface area (Å²) in [6.45, 7) is 1.61. The molecule has 5 N–H and O–H groups in total. The average Bonchev–Trinajstić information content (AvgIpc) is 3.36. The number of carbonyl (C=O) groups is 2. The topological polar surface area (TPSA) is 135 Å². The summed E-state index contributed by atoms with van der Waals surface area (Å²) in [5, 5.41) is 15.2. The van der Waals surface area contributed by atoms with Crippen LogP contribution in [0.15, 0.2) is 54.6 Å². The largest absolute Gasteiger partial charge is 0.490 e. The Kier molecular flexibility index (Phi) is 6.47. The van der Waals surface area contributed by atoms with E-state index < -0.39 is 18.1 Å². The zero-order chi connectivity index (χ0) is 25.2. The highest BCUT2D eigenvalue weighted by Gasteiger charge is 2.38. The van der Waals surface area contributed by atoms with Crippen LogP contribution in [0.4, 0.5) is 13.2 Å². The van der Waals surface area contributed by atoms with Gasteiger partial charge in [0.15, 0.2) is 0 Å². The monoisotopic (exact) mass is 487 g/mol. The van der Waals surface area contributed by atoms with Crippen LogP contribution in [-0.2, 0) is 17.8 Å². The van der Waals surface area contributed by atoms with Crippen molar-refractivity contribution in [2.45, 2.75) is 19.1 Å². The molecule has 12 heteroatoms. The number of hydrogen-bond donors (Lipinski definition) is 4. The van der Waals surface area contributed by atoms with E-state index in [1.807, 2.05) is 54.6 Å². The van der Waals surface area contributed by atoms with Crippen molar-refractivity contribution in [3.63, 3.8) is 0 Å². The van der Waals surface area contributed by atoms with E-state index in [1.165, 1.54) is 0 Å². The van der Waals surface area contributed by atoms with Crippen molar-refractivity contribution in [3.05, 3.63) is 71.5 Å². The molecule has 0 spiro atoms. The van der Waals surface area contributed by atoms with E-state index in [2.05, 4.69) is 10.3 Å². The number of halogens is 3. The minimum absolute atomic E-state index is 0.408. The number of nitrogens with one attached hydrogen (secondary N) is 2. The van der Waals surface area contributed by atoms with E-state index in [-0.39, 0.29) is 0 Å². The Balaban J connectivity index is 0.000000364. The van der Waals surface area contributed by atoms with Gasteiger partial charge in [0, 0.05) is 30.8 Å². The third kappa shape index (κ3) is 5.11. The van der Waals surface area contributed by atoms with Gasteiger partial charge in [-0.05, 0) is 36.4 Å². The second kappa shape index (κ2) is 9.50. The number of fused-ring (bicyclic) bond motifs is 3. The summed E-state index contributed by atoms with van der Waals surface area (Å²) in [4.78, 5) is 24.4. The lowest BCUT2D eigenvalue weighted by Gasteiger charge is -2.11. The number of imidazole rings is 1. The van der Waals surface area contributed by atoms with Gasteiger partial charge < -0.3 is 25.9 Å². The molecule has 0 unspecified atom stereocenters. The van der Waals surface area contributed by atoms with Crippen molar-refractivity contribution >= 4 is 17.5 Å². The van der Waals surface area contributed by atoms with Crippen LogP contribution in [0.5, 0.6) is 11.5 Å². The predicted octanol–water partition coefficient (Wildman–Crippen LogP) is 3.50. The Morgan fingerprint density at radius 1 is 1.06 bits per heavy atom. The highest BCUT2D eigenvalue weighted by atomic mass is 19.4. The number of carboxylic acids is 1. The van der Waals surface area contributed by atoms with Gasteiger partial charge in [-0.1, -0.05) is 18.2 Å². The molecule has 2 aromatic carbocycles. The number of aromatic nitrogens is 3. The van der Waals surface area contributed by atoms with Crippen molar-refractivity contribution in [3.8, 4) is 22.8 Å². The molecule has 0 saturated carbocycles. The minimum atomic E-state index is -5.08. The molecule has 1 aliphatic rings. The van der Waals surface area contributed by atoms with Crippen molar-refractivity contribution in [1.29, 1.82) is 0 Å². The van der Waals surface area contributed by atoms with Crippen LogP contribution in [0, 0.1) is 0 Å². The zero-order valence-electron chi connectivity index (χ0n) is 18.1. The Labute approximate surface area is 196 Å². The molecular weight excluding hydrogens is 467 g/mol. The summed E-state index contributed by atoms with van der Waals surface area (Å²) >= 11 is 0. The lowest BCUT2D eigenvalue weighted by molar-refractivity contribution is -0.192. The Morgan fingerprint density at radius 2 is 1.69 bits per heavy atom. The minimum Gasteiger partial charge on any atom is -0.475 e. The second-order valence-corrected chi connectivity index (χ2v) is 7.57. The number of rotatable bonds is 4. The van der Waals surface area contributed by atoms with E-state index in [0.29, 0.717) is 29.2 Å². The number of benzene rings is 2. The standard InChI is InChI=1S/C21H19N5O2.C2HF3O2/c22-20(27)18-19(25-26-17-12-23-11-10-16(17)24-21(18)26)13-6-8-15(9-7-13)28-14-4-2-1-3-5-14;3-2(4,5)1(6)7/h1-9,23-24H,10-12H2,(H2,22,27);(H,6,7). The third-order valence-corrected chi connectivity index (χ3v) is 5.20. The summed E-state index contributed by atoms with van der Waals surface area (Å²) < 4.78 is 39.4. The molecule has 35 heavy (non-hydrogen) atoms. The number of para-hydroxylation sites is 1. The average molecular weight is 487 g/mol. The molecule has 5 rings (SSSR count). The van der Waals surface area contributed by atoms with Gasteiger partial charge in [0.1, 0.15) is 28.4 Å². The predicted molar refractivity (Wildman–Crippen MR) is 119 cm³/mol. The molecule has 9 nitrogen and oxygen atoms in total. The molecule has 0 aliphatic carbocycles. The first-order valence-electron chi connectivity index (χ1n) is 10.4. The van der Waals surface area contributed by atoms with Crippen molar-refractivity contribution < 1.29 is 32.6 Å². The first kappa shape index (κ1) is 23.8. The van der Waals surface area contributed by atoms with E-state index >= 15 is 0 Å². The van der Waals surface area contributed by atoms with Crippen molar-refractivity contribution in [2.24, 2.45) is 5.73 Å². The number of carboxylic acid groups (broad SMARTS) is 1. The number of H-pyrrole nitrogens is 1. The number of ether oxygens (including phenoxy) is 1. The summed E-state index contributed by atoms with van der Waals surface area (Å²) in [5.41, 5.74) is 10.3. The van der Waals surface area contributed by atoms with Gasteiger partial charge >= 0.3 is 12.1 Å². The number of primary amides is 1. The first-order chi connectivity index (χ1) is 16.6. The Bertz CT molecular complexity index is 1360. The van der Waals surface area contributed by atoms with Crippen LogP contribution in [-0.4, -0.2) is 44.3 Å². The molecule has 3 heterocycles. The summed E-state index contributed by atoms with van der Waals surface area (Å²) in [7, 11) is 0. The fraction of sp³-hybridized carbons (Fsp3) is 0.174. The second-order valence-electron chi connectivity index (χ2n) is 7.57. The molecule has 2 aromatic heterocycles. The van der Waals surface area contributed by atoms with Gasteiger partial charge in [-0.2, -0.15) is 18.3 Å².